The van der Waals surface area contributed by atoms with Crippen molar-refractivity contribution in [2.45, 2.75) is 63.6 Å². The summed E-state index contributed by atoms with van der Waals surface area (Å²) in [6.07, 6.45) is 6.30. The van der Waals surface area contributed by atoms with Crippen LogP contribution in [0.2, 0.25) is 0 Å². The van der Waals surface area contributed by atoms with Crippen LogP contribution in [0.5, 0.6) is 0 Å². The summed E-state index contributed by atoms with van der Waals surface area (Å²) in [5, 5.41) is 0. The topological polar surface area (TPSA) is 29.3 Å². The van der Waals surface area contributed by atoms with E-state index >= 15 is 0 Å². The van der Waals surface area contributed by atoms with Crippen molar-refractivity contribution < 1.29 is 9.53 Å². The van der Waals surface area contributed by atoms with Gasteiger partial charge in [0.2, 0.25) is 0 Å². The van der Waals surface area contributed by atoms with Gasteiger partial charge in [-0.15, -0.1) is 0 Å². The minimum atomic E-state index is -0.547. The number of rotatable bonds is 6. The zero-order valence-corrected chi connectivity index (χ0v) is 17.0. The minimum Gasteiger partial charge on any atom is -0.465 e. The molecule has 3 heteroatoms. The second-order valence-corrected chi connectivity index (χ2v) is 8.34. The van der Waals surface area contributed by atoms with E-state index in [9.17, 15) is 4.79 Å². The molecule has 0 aromatic heterocycles. The number of hydrogen-bond donors (Lipinski definition) is 0. The van der Waals surface area contributed by atoms with Crippen LogP contribution < -0.4 is 0 Å². The number of benzene rings is 2. The Kier molecular flexibility index (Phi) is 5.54. The summed E-state index contributed by atoms with van der Waals surface area (Å²) >= 11 is 0. The van der Waals surface area contributed by atoms with Gasteiger partial charge in [0, 0.05) is 6.04 Å². The molecule has 1 saturated carbocycles. The molecule has 28 heavy (non-hydrogen) atoms. The van der Waals surface area contributed by atoms with Crippen molar-refractivity contribution in [3.05, 3.63) is 71.8 Å². The molecular weight excluding hydrogens is 346 g/mol. The van der Waals surface area contributed by atoms with Gasteiger partial charge in [-0.05, 0) is 43.7 Å². The van der Waals surface area contributed by atoms with Crippen LogP contribution in [0, 0.1) is 5.92 Å². The van der Waals surface area contributed by atoms with E-state index in [-0.39, 0.29) is 18.1 Å². The van der Waals surface area contributed by atoms with Gasteiger partial charge in [0.25, 0.3) is 0 Å². The van der Waals surface area contributed by atoms with Crippen molar-refractivity contribution in [2.75, 3.05) is 6.61 Å². The average Bonchev–Trinajstić information content (AvgIpc) is 3.37. The molecule has 1 aliphatic carbocycles. The molecule has 0 N–H and O–H groups in total. The second-order valence-electron chi connectivity index (χ2n) is 8.34. The predicted octanol–water partition coefficient (Wildman–Crippen LogP) is 5.36. The highest BCUT2D eigenvalue weighted by Gasteiger charge is 2.69. The fraction of sp³-hybridized carbons (Fsp3) is 0.480. The third kappa shape index (κ3) is 3.37. The molecule has 3 nitrogen and oxygen atoms in total. The summed E-state index contributed by atoms with van der Waals surface area (Å²) < 4.78 is 5.56. The number of carbonyl (C=O) groups is 1. The molecule has 2 fully saturated rings. The Morgan fingerprint density at radius 2 is 1.54 bits per heavy atom. The minimum absolute atomic E-state index is 0.0672. The highest BCUT2D eigenvalue weighted by atomic mass is 16.5. The number of nitrogens with zero attached hydrogens (tertiary/aromatic N) is 1. The molecule has 4 rings (SSSR count). The second kappa shape index (κ2) is 8.08. The fourth-order valence-electron chi connectivity index (χ4n) is 5.29. The Hall–Kier alpha value is -2.13. The Bertz CT molecular complexity index is 745. The molecule has 0 amide bonds. The van der Waals surface area contributed by atoms with Gasteiger partial charge >= 0.3 is 5.97 Å². The fourth-order valence-corrected chi connectivity index (χ4v) is 5.29. The first-order valence-electron chi connectivity index (χ1n) is 10.7. The van der Waals surface area contributed by atoms with Crippen molar-refractivity contribution in [1.82, 2.24) is 4.90 Å². The van der Waals surface area contributed by atoms with Crippen LogP contribution in [0.25, 0.3) is 0 Å². The molecular formula is C25H31NO2. The monoisotopic (exact) mass is 377 g/mol. The zero-order valence-electron chi connectivity index (χ0n) is 17.0. The average molecular weight is 378 g/mol. The maximum Gasteiger partial charge on any atom is 0.327 e. The lowest BCUT2D eigenvalue weighted by Crippen LogP contribution is -2.32. The smallest absolute Gasteiger partial charge is 0.327 e. The van der Waals surface area contributed by atoms with E-state index in [2.05, 4.69) is 72.5 Å². The summed E-state index contributed by atoms with van der Waals surface area (Å²) in [6.45, 7) is 4.43. The zero-order chi connectivity index (χ0) is 19.6. The van der Waals surface area contributed by atoms with Gasteiger partial charge in [0.05, 0.1) is 12.6 Å². The molecule has 1 unspecified atom stereocenters. The van der Waals surface area contributed by atoms with E-state index in [4.69, 9.17) is 4.74 Å². The molecule has 0 radical (unpaired) electrons. The predicted molar refractivity (Wildman–Crippen MR) is 112 cm³/mol. The first-order valence-corrected chi connectivity index (χ1v) is 10.7. The summed E-state index contributed by atoms with van der Waals surface area (Å²) in [4.78, 5) is 15.5. The van der Waals surface area contributed by atoms with E-state index in [0.717, 1.165) is 0 Å². The van der Waals surface area contributed by atoms with E-state index in [1.807, 2.05) is 6.92 Å². The van der Waals surface area contributed by atoms with Gasteiger partial charge in [0.15, 0.2) is 0 Å². The molecule has 3 atom stereocenters. The van der Waals surface area contributed by atoms with E-state index in [1.165, 1.54) is 43.2 Å². The highest BCUT2D eigenvalue weighted by molar-refractivity contribution is 5.86. The largest absolute Gasteiger partial charge is 0.465 e. The number of carbonyl (C=O) groups excluding carboxylic acids is 1. The van der Waals surface area contributed by atoms with Gasteiger partial charge in [-0.3, -0.25) is 4.90 Å². The Morgan fingerprint density at radius 3 is 2.04 bits per heavy atom. The third-order valence-electron chi connectivity index (χ3n) is 6.64. The van der Waals surface area contributed by atoms with Crippen LogP contribution in [0.3, 0.4) is 0 Å². The third-order valence-corrected chi connectivity index (χ3v) is 6.64. The van der Waals surface area contributed by atoms with Gasteiger partial charge in [-0.25, -0.2) is 4.79 Å². The summed E-state index contributed by atoms with van der Waals surface area (Å²) in [5.74, 6) is 0.500. The van der Waals surface area contributed by atoms with E-state index in [1.54, 1.807) is 0 Å². The standard InChI is InChI=1S/C25H31NO2/c1-3-28-24(27)25(2)23(21-17-11-6-12-18-21)26(25)22(19-13-7-4-8-14-19)20-15-9-5-10-16-20/h4-5,7-10,13-16,21-23H,3,6,11-12,17-18H2,1-2H3/t23-,25-,26?/m1/s1. The van der Waals surface area contributed by atoms with E-state index in [0.29, 0.717) is 12.5 Å². The maximum absolute atomic E-state index is 13.1. The SMILES string of the molecule is CCOC(=O)[C@@]1(C)[C@@H](C2CCCCC2)N1C(c1ccccc1)c1ccccc1. The van der Waals surface area contributed by atoms with Crippen LogP contribution in [0.4, 0.5) is 0 Å². The van der Waals surface area contributed by atoms with Crippen molar-refractivity contribution in [3.63, 3.8) is 0 Å². The van der Waals surface area contributed by atoms with Crippen molar-refractivity contribution in [1.29, 1.82) is 0 Å². The summed E-state index contributed by atoms with van der Waals surface area (Å²) in [5.41, 5.74) is 1.93. The normalized spacial score (nSPS) is 27.5. The molecule has 1 aliphatic heterocycles. The van der Waals surface area contributed by atoms with Gasteiger partial charge in [-0.1, -0.05) is 79.9 Å². The summed E-state index contributed by atoms with van der Waals surface area (Å²) in [7, 11) is 0. The van der Waals surface area contributed by atoms with Crippen LogP contribution in [0.1, 0.15) is 63.1 Å². The van der Waals surface area contributed by atoms with Gasteiger partial charge in [-0.2, -0.15) is 0 Å². The van der Waals surface area contributed by atoms with Crippen molar-refractivity contribution in [3.8, 4) is 0 Å². The molecule has 2 aromatic carbocycles. The van der Waals surface area contributed by atoms with Gasteiger partial charge in [0.1, 0.15) is 5.54 Å². The lowest BCUT2D eigenvalue weighted by atomic mass is 9.83. The van der Waals surface area contributed by atoms with E-state index < -0.39 is 5.54 Å². The molecule has 2 aromatic rings. The number of ether oxygens (including phenoxy) is 1. The van der Waals surface area contributed by atoms with Crippen molar-refractivity contribution >= 4 is 5.97 Å². The molecule has 1 heterocycles. The van der Waals surface area contributed by atoms with Crippen molar-refractivity contribution in [2.24, 2.45) is 5.92 Å². The van der Waals surface area contributed by atoms with Crippen LogP contribution in [-0.4, -0.2) is 29.1 Å². The number of hydrogen-bond acceptors (Lipinski definition) is 3. The Labute approximate surface area is 168 Å². The maximum atomic E-state index is 13.1. The first-order chi connectivity index (χ1) is 13.7. The lowest BCUT2D eigenvalue weighted by Gasteiger charge is -2.25. The highest BCUT2D eigenvalue weighted by Crippen LogP contribution is 2.56. The molecule has 148 valence electrons. The Balaban J connectivity index is 1.75. The molecule has 0 spiro atoms. The van der Waals surface area contributed by atoms with Crippen LogP contribution >= 0.6 is 0 Å². The molecule has 2 aliphatic rings. The first kappa shape index (κ1) is 19.2. The lowest BCUT2D eigenvalue weighted by molar-refractivity contribution is -0.147. The van der Waals surface area contributed by atoms with Crippen LogP contribution in [-0.2, 0) is 9.53 Å². The summed E-state index contributed by atoms with van der Waals surface area (Å²) in [6, 6.07) is 21.5. The molecule has 1 saturated heterocycles. The quantitative estimate of drug-likeness (QED) is 0.501. The molecule has 0 bridgehead atoms. The number of esters is 1. The van der Waals surface area contributed by atoms with Crippen LogP contribution in [0.15, 0.2) is 60.7 Å². The Morgan fingerprint density at radius 1 is 1.00 bits per heavy atom. The van der Waals surface area contributed by atoms with Gasteiger partial charge < -0.3 is 4.74 Å².